The van der Waals surface area contributed by atoms with Crippen molar-refractivity contribution in [1.82, 2.24) is 10.5 Å². The highest BCUT2D eigenvalue weighted by Crippen LogP contribution is 2.12. The van der Waals surface area contributed by atoms with E-state index in [2.05, 4.69) is 15.8 Å². The molecule has 1 aromatic heterocycles. The van der Waals surface area contributed by atoms with Crippen molar-refractivity contribution in [3.63, 3.8) is 0 Å². The van der Waals surface area contributed by atoms with Crippen LogP contribution in [0.1, 0.15) is 45.3 Å². The molecule has 1 aromatic rings. The first-order valence-electron chi connectivity index (χ1n) is 8.65. The summed E-state index contributed by atoms with van der Waals surface area (Å²) in [5, 5.41) is 17.7. The van der Waals surface area contributed by atoms with Gasteiger partial charge in [-0.15, -0.1) is 0 Å². The molecule has 150 valence electrons. The predicted molar refractivity (Wildman–Crippen MR) is 96.1 cm³/mol. The first-order chi connectivity index (χ1) is 12.9. The van der Waals surface area contributed by atoms with E-state index < -0.39 is 30.4 Å². The van der Waals surface area contributed by atoms with Crippen LogP contribution < -0.4 is 10.6 Å². The fraction of sp³-hybridized carbons (Fsp3) is 0.500. The third-order valence-corrected chi connectivity index (χ3v) is 3.56. The molecular formula is C18H25F2N3O4. The molecule has 27 heavy (non-hydrogen) atoms. The van der Waals surface area contributed by atoms with Crippen LogP contribution in [-0.2, 0) is 16.2 Å². The molecule has 0 radical (unpaired) electrons. The lowest BCUT2D eigenvalue weighted by atomic mass is 10.1. The average Bonchev–Trinajstić information content (AvgIpc) is 3.06. The first-order valence-corrected chi connectivity index (χ1v) is 8.65. The Kier molecular flexibility index (Phi) is 9.95. The highest BCUT2D eigenvalue weighted by atomic mass is 19.1. The summed E-state index contributed by atoms with van der Waals surface area (Å²) in [7, 11) is 0. The number of carbonyl (C=O) groups is 2. The van der Waals surface area contributed by atoms with E-state index in [9.17, 15) is 18.4 Å². The van der Waals surface area contributed by atoms with Crippen molar-refractivity contribution in [2.24, 2.45) is 0 Å². The molecule has 1 atom stereocenters. The second-order valence-corrected chi connectivity index (χ2v) is 5.90. The van der Waals surface area contributed by atoms with Crippen LogP contribution in [0, 0.1) is 0 Å². The van der Waals surface area contributed by atoms with E-state index in [0.717, 1.165) is 0 Å². The van der Waals surface area contributed by atoms with Gasteiger partial charge in [0.25, 0.3) is 0 Å². The third-order valence-electron chi connectivity index (χ3n) is 3.56. The van der Waals surface area contributed by atoms with E-state index in [-0.39, 0.29) is 31.0 Å². The molecule has 0 saturated heterocycles. The smallest absolute Gasteiger partial charge is 0.248 e. The Balaban J connectivity index is 2.63. The Bertz CT molecular complexity index is 682. The van der Waals surface area contributed by atoms with Gasteiger partial charge in [0.15, 0.2) is 11.6 Å². The van der Waals surface area contributed by atoms with E-state index >= 15 is 0 Å². The molecule has 1 unspecified atom stereocenters. The summed E-state index contributed by atoms with van der Waals surface area (Å²) in [6.45, 7) is 2.00. The number of rotatable bonds is 11. The summed E-state index contributed by atoms with van der Waals surface area (Å²) in [5.74, 6) is -1.02. The normalized spacial score (nSPS) is 13.4. The number of aliphatic hydroxyl groups is 1. The van der Waals surface area contributed by atoms with Crippen molar-refractivity contribution in [2.45, 2.75) is 52.2 Å². The van der Waals surface area contributed by atoms with Gasteiger partial charge >= 0.3 is 0 Å². The maximum atomic E-state index is 13.0. The highest BCUT2D eigenvalue weighted by Gasteiger charge is 2.21. The first kappa shape index (κ1) is 22.5. The second kappa shape index (κ2) is 11.9. The lowest BCUT2D eigenvalue weighted by Crippen LogP contribution is -2.43. The SMILES string of the molecule is CCCC(NC(=O)CCC(=C/CF)/C=C(\C)F)C(=O)Nc1cc(CO)on1. The number of halogens is 2. The number of nitrogens with zero attached hydrogens (tertiary/aromatic N) is 1. The lowest BCUT2D eigenvalue weighted by molar-refractivity contribution is -0.126. The Morgan fingerprint density at radius 2 is 2.15 bits per heavy atom. The van der Waals surface area contributed by atoms with E-state index in [1.54, 1.807) is 0 Å². The van der Waals surface area contributed by atoms with E-state index in [4.69, 9.17) is 9.63 Å². The zero-order chi connectivity index (χ0) is 20.2. The van der Waals surface area contributed by atoms with Gasteiger partial charge in [0.2, 0.25) is 11.8 Å². The molecule has 0 aliphatic heterocycles. The Labute approximate surface area is 156 Å². The van der Waals surface area contributed by atoms with Crippen molar-refractivity contribution in [3.05, 3.63) is 35.4 Å². The number of hydrogen-bond acceptors (Lipinski definition) is 5. The van der Waals surface area contributed by atoms with Gasteiger partial charge in [-0.3, -0.25) is 9.59 Å². The number of alkyl halides is 1. The van der Waals surface area contributed by atoms with Crippen molar-refractivity contribution in [3.8, 4) is 0 Å². The molecule has 3 N–H and O–H groups in total. The Morgan fingerprint density at radius 3 is 2.70 bits per heavy atom. The van der Waals surface area contributed by atoms with Crippen molar-refractivity contribution in [1.29, 1.82) is 0 Å². The molecule has 2 amide bonds. The fourth-order valence-corrected chi connectivity index (χ4v) is 2.33. The van der Waals surface area contributed by atoms with Crippen LogP contribution in [0.4, 0.5) is 14.6 Å². The number of anilines is 1. The van der Waals surface area contributed by atoms with Crippen LogP contribution in [0.5, 0.6) is 0 Å². The van der Waals surface area contributed by atoms with Crippen LogP contribution in [0.15, 0.2) is 34.1 Å². The predicted octanol–water partition coefficient (Wildman–Crippen LogP) is 2.94. The molecule has 7 nitrogen and oxygen atoms in total. The number of aliphatic hydroxyl groups excluding tert-OH is 1. The van der Waals surface area contributed by atoms with Crippen LogP contribution in [0.3, 0.4) is 0 Å². The van der Waals surface area contributed by atoms with Crippen LogP contribution in [-0.4, -0.2) is 34.8 Å². The molecule has 9 heteroatoms. The molecule has 1 rings (SSSR count). The molecule has 0 saturated carbocycles. The summed E-state index contributed by atoms with van der Waals surface area (Å²) in [4.78, 5) is 24.5. The molecule has 0 aromatic carbocycles. The minimum atomic E-state index is -0.788. The molecule has 0 bridgehead atoms. The van der Waals surface area contributed by atoms with E-state index in [1.165, 1.54) is 25.1 Å². The number of aromatic nitrogens is 1. The van der Waals surface area contributed by atoms with Crippen LogP contribution in [0.2, 0.25) is 0 Å². The van der Waals surface area contributed by atoms with Gasteiger partial charge in [-0.05, 0) is 31.4 Å². The number of allylic oxidation sites excluding steroid dienone is 4. The van der Waals surface area contributed by atoms with Gasteiger partial charge in [-0.1, -0.05) is 24.6 Å². The molecular weight excluding hydrogens is 360 g/mol. The third kappa shape index (κ3) is 8.59. The van der Waals surface area contributed by atoms with Crippen molar-refractivity contribution in [2.75, 3.05) is 12.0 Å². The fourth-order valence-electron chi connectivity index (χ4n) is 2.33. The van der Waals surface area contributed by atoms with Gasteiger partial charge in [0.1, 0.15) is 19.3 Å². The van der Waals surface area contributed by atoms with E-state index in [0.29, 0.717) is 18.4 Å². The van der Waals surface area contributed by atoms with Gasteiger partial charge in [-0.25, -0.2) is 8.78 Å². The molecule has 0 aliphatic rings. The van der Waals surface area contributed by atoms with Crippen molar-refractivity contribution >= 4 is 17.6 Å². The zero-order valence-electron chi connectivity index (χ0n) is 15.4. The highest BCUT2D eigenvalue weighted by molar-refractivity contribution is 5.96. The topological polar surface area (TPSA) is 104 Å². The van der Waals surface area contributed by atoms with Gasteiger partial charge < -0.3 is 20.3 Å². The van der Waals surface area contributed by atoms with E-state index in [1.807, 2.05) is 6.92 Å². The summed E-state index contributed by atoms with van der Waals surface area (Å²) >= 11 is 0. The lowest BCUT2D eigenvalue weighted by Gasteiger charge is -2.17. The van der Waals surface area contributed by atoms with Crippen LogP contribution >= 0.6 is 0 Å². The van der Waals surface area contributed by atoms with Gasteiger partial charge in [-0.2, -0.15) is 0 Å². The summed E-state index contributed by atoms with van der Waals surface area (Å²) in [6.07, 6.45) is 3.57. The van der Waals surface area contributed by atoms with Gasteiger partial charge in [0, 0.05) is 12.5 Å². The summed E-state index contributed by atoms with van der Waals surface area (Å²) in [6, 6.07) is 0.589. The summed E-state index contributed by atoms with van der Waals surface area (Å²) < 4.78 is 30.2. The quantitative estimate of drug-likeness (QED) is 0.508. The molecule has 1 heterocycles. The Morgan fingerprint density at radius 1 is 1.41 bits per heavy atom. The number of carbonyl (C=O) groups excluding carboxylic acids is 2. The van der Waals surface area contributed by atoms with Crippen molar-refractivity contribution < 1.29 is 28.0 Å². The second-order valence-electron chi connectivity index (χ2n) is 5.90. The molecule has 0 fully saturated rings. The zero-order valence-corrected chi connectivity index (χ0v) is 15.4. The van der Waals surface area contributed by atoms with Crippen LogP contribution in [0.25, 0.3) is 0 Å². The standard InChI is InChI=1S/C18H25F2N3O4/c1-3-4-15(18(26)22-16-10-14(11-24)27-23-16)21-17(25)6-5-13(7-8-19)9-12(2)20/h7,9-10,15,24H,3-6,8,11H2,1-2H3,(H,21,25)(H,22,23,26)/b12-9+,13-7-. The largest absolute Gasteiger partial charge is 0.388 e. The number of hydrogen-bond donors (Lipinski definition) is 3. The minimum Gasteiger partial charge on any atom is -0.388 e. The number of nitrogens with one attached hydrogen (secondary N) is 2. The molecule has 0 aliphatic carbocycles. The maximum absolute atomic E-state index is 13.0. The monoisotopic (exact) mass is 385 g/mol. The van der Waals surface area contributed by atoms with Gasteiger partial charge in [0.05, 0.1) is 5.83 Å². The summed E-state index contributed by atoms with van der Waals surface area (Å²) in [5.41, 5.74) is 0.378. The average molecular weight is 385 g/mol. The minimum absolute atomic E-state index is 0.0122. The maximum Gasteiger partial charge on any atom is 0.248 e. The number of amides is 2. The Hall–Kier alpha value is -2.55. The molecule has 0 spiro atoms.